The lowest BCUT2D eigenvalue weighted by molar-refractivity contribution is 1.08. The third-order valence-corrected chi connectivity index (χ3v) is 1.97. The van der Waals surface area contributed by atoms with Crippen LogP contribution in [0.15, 0.2) is 17.2 Å². The average Bonchev–Trinajstić information content (AvgIpc) is 2.09. The Morgan fingerprint density at radius 3 is 2.75 bits per heavy atom. The summed E-state index contributed by atoms with van der Waals surface area (Å²) in [6.45, 7) is 2.03. The van der Waals surface area contributed by atoms with E-state index in [2.05, 4.69) is 5.11 Å². The van der Waals surface area contributed by atoms with Crippen molar-refractivity contribution in [2.24, 2.45) is 5.11 Å². The van der Waals surface area contributed by atoms with Crippen molar-refractivity contribution in [1.82, 2.24) is 0 Å². The Bertz CT molecular complexity index is 309. The molecule has 0 fully saturated rings. The van der Waals surface area contributed by atoms with Gasteiger partial charge < -0.3 is 5.73 Å². The average molecular weight is 161 g/mol. The highest BCUT2D eigenvalue weighted by molar-refractivity contribution is 6.36. The quantitative estimate of drug-likeness (QED) is 0.375. The summed E-state index contributed by atoms with van der Waals surface area (Å²) < 4.78 is 0. The van der Waals surface area contributed by atoms with Gasteiger partial charge in [0.1, 0.15) is 7.85 Å². The van der Waals surface area contributed by atoms with Gasteiger partial charge in [0, 0.05) is 5.69 Å². The molecule has 62 valence electrons. The van der Waals surface area contributed by atoms with E-state index in [1.807, 2.05) is 26.9 Å². The number of anilines is 1. The zero-order valence-electron chi connectivity index (χ0n) is 7.39. The highest BCUT2D eigenvalue weighted by Gasteiger charge is 2.02. The maximum absolute atomic E-state index is 6.94. The van der Waals surface area contributed by atoms with Crippen molar-refractivity contribution in [2.45, 2.75) is 13.3 Å². The Kier molecular flexibility index (Phi) is 2.48. The van der Waals surface area contributed by atoms with E-state index in [0.29, 0.717) is 0 Å². The minimum atomic E-state index is 0.726. The van der Waals surface area contributed by atoms with Gasteiger partial charge >= 0.3 is 0 Å². The topological polar surface area (TPSA) is 62.2 Å². The summed E-state index contributed by atoms with van der Waals surface area (Å²) in [5.41, 5.74) is 16.2. The fraction of sp³-hybridized carbons (Fsp3) is 0.250. The van der Waals surface area contributed by atoms with Gasteiger partial charge in [0.05, 0.1) is 5.69 Å². The molecule has 3 nitrogen and oxygen atoms in total. The number of nitrogens with zero attached hydrogens (tertiary/aromatic N) is 1. The van der Waals surface area contributed by atoms with E-state index in [9.17, 15) is 0 Å². The summed E-state index contributed by atoms with van der Waals surface area (Å²) in [6, 6.07) is 3.74. The molecule has 0 radical (unpaired) electrons. The van der Waals surface area contributed by atoms with Crippen LogP contribution >= 0.6 is 0 Å². The monoisotopic (exact) mass is 161 g/mol. The summed E-state index contributed by atoms with van der Waals surface area (Å²) in [5, 5.41) is 3.44. The third kappa shape index (κ3) is 1.47. The Balaban J connectivity index is 3.28. The van der Waals surface area contributed by atoms with Crippen LogP contribution in [0, 0.1) is 5.53 Å². The van der Waals surface area contributed by atoms with Crippen LogP contribution < -0.4 is 11.2 Å². The van der Waals surface area contributed by atoms with E-state index in [1.54, 1.807) is 0 Å². The van der Waals surface area contributed by atoms with Gasteiger partial charge in [-0.2, -0.15) is 5.11 Å². The molecule has 3 N–H and O–H groups in total. The Morgan fingerprint density at radius 1 is 1.58 bits per heavy atom. The highest BCUT2D eigenvalue weighted by atomic mass is 15.0. The van der Waals surface area contributed by atoms with E-state index in [1.165, 1.54) is 0 Å². The molecule has 0 aliphatic rings. The normalized spacial score (nSPS) is 9.75. The summed E-state index contributed by atoms with van der Waals surface area (Å²) in [5.74, 6) is 0. The van der Waals surface area contributed by atoms with E-state index >= 15 is 0 Å². The molecular formula is C8H12BN3. The van der Waals surface area contributed by atoms with Crippen LogP contribution in [-0.4, -0.2) is 7.85 Å². The van der Waals surface area contributed by atoms with Gasteiger partial charge in [-0.3, -0.25) is 0 Å². The molecule has 1 aromatic rings. The molecule has 0 amide bonds. The van der Waals surface area contributed by atoms with E-state index in [-0.39, 0.29) is 0 Å². The lowest BCUT2D eigenvalue weighted by Crippen LogP contribution is -2.09. The fourth-order valence-electron chi connectivity index (χ4n) is 1.14. The minimum absolute atomic E-state index is 0.726. The summed E-state index contributed by atoms with van der Waals surface area (Å²) in [4.78, 5) is 0. The van der Waals surface area contributed by atoms with Gasteiger partial charge in [-0.05, 0) is 24.1 Å². The van der Waals surface area contributed by atoms with E-state index < -0.39 is 0 Å². The van der Waals surface area contributed by atoms with Crippen LogP contribution in [0.1, 0.15) is 12.5 Å². The smallest absolute Gasteiger partial charge is 0.142 e. The summed E-state index contributed by atoms with van der Waals surface area (Å²) in [6.07, 6.45) is 0.863. The first-order valence-corrected chi connectivity index (χ1v) is 3.95. The molecule has 0 spiro atoms. The first-order valence-electron chi connectivity index (χ1n) is 3.95. The first-order chi connectivity index (χ1) is 5.69. The second-order valence-corrected chi connectivity index (χ2v) is 2.80. The van der Waals surface area contributed by atoms with E-state index in [0.717, 1.165) is 28.8 Å². The van der Waals surface area contributed by atoms with Crippen molar-refractivity contribution >= 4 is 24.7 Å². The number of hydrogen-bond acceptors (Lipinski definition) is 3. The molecule has 1 aromatic carbocycles. The molecule has 0 heterocycles. The van der Waals surface area contributed by atoms with Crippen molar-refractivity contribution in [3.63, 3.8) is 0 Å². The van der Waals surface area contributed by atoms with Crippen LogP contribution in [0.2, 0.25) is 0 Å². The molecule has 0 aliphatic carbocycles. The molecule has 0 saturated heterocycles. The van der Waals surface area contributed by atoms with Gasteiger partial charge in [-0.25, -0.2) is 5.53 Å². The van der Waals surface area contributed by atoms with Gasteiger partial charge in [0.25, 0.3) is 0 Å². The lowest BCUT2D eigenvalue weighted by atomic mass is 9.91. The molecule has 0 bridgehead atoms. The molecule has 4 heteroatoms. The predicted molar refractivity (Wildman–Crippen MR) is 53.2 cm³/mol. The minimum Gasteiger partial charge on any atom is -0.399 e. The van der Waals surface area contributed by atoms with Gasteiger partial charge in [-0.15, -0.1) is 0 Å². The third-order valence-electron chi connectivity index (χ3n) is 1.97. The molecule has 1 rings (SSSR count). The van der Waals surface area contributed by atoms with Gasteiger partial charge in [0.2, 0.25) is 0 Å². The first kappa shape index (κ1) is 8.78. The maximum atomic E-state index is 6.94. The van der Waals surface area contributed by atoms with Crippen LogP contribution in [0.4, 0.5) is 11.4 Å². The lowest BCUT2D eigenvalue weighted by Gasteiger charge is -2.05. The largest absolute Gasteiger partial charge is 0.399 e. The summed E-state index contributed by atoms with van der Waals surface area (Å²) in [7, 11) is 1.92. The molecule has 0 aliphatic heterocycles. The SMILES string of the molecule is Bc1cc(N=N)c(CC)cc1N. The van der Waals surface area contributed by atoms with Crippen molar-refractivity contribution in [2.75, 3.05) is 5.73 Å². The van der Waals surface area contributed by atoms with Crippen LogP contribution in [0.5, 0.6) is 0 Å². The van der Waals surface area contributed by atoms with Gasteiger partial charge in [-0.1, -0.05) is 12.4 Å². The Labute approximate surface area is 72.9 Å². The van der Waals surface area contributed by atoms with E-state index in [4.69, 9.17) is 11.3 Å². The number of aryl methyl sites for hydroxylation is 1. The molecule has 0 saturated carbocycles. The Hall–Kier alpha value is -1.32. The van der Waals surface area contributed by atoms with Gasteiger partial charge in [0.15, 0.2) is 0 Å². The van der Waals surface area contributed by atoms with Crippen LogP contribution in [0.25, 0.3) is 0 Å². The zero-order valence-corrected chi connectivity index (χ0v) is 7.39. The van der Waals surface area contributed by atoms with Crippen molar-refractivity contribution in [3.8, 4) is 0 Å². The fourth-order valence-corrected chi connectivity index (χ4v) is 1.14. The zero-order chi connectivity index (χ0) is 9.14. The second kappa shape index (κ2) is 3.39. The number of nitrogen functional groups attached to an aromatic ring is 1. The second-order valence-electron chi connectivity index (χ2n) is 2.80. The number of nitrogens with two attached hydrogens (primary N) is 1. The number of rotatable bonds is 2. The van der Waals surface area contributed by atoms with Crippen LogP contribution in [0.3, 0.4) is 0 Å². The molecule has 12 heavy (non-hydrogen) atoms. The molecule has 0 aromatic heterocycles. The Morgan fingerprint density at radius 2 is 2.25 bits per heavy atom. The number of benzene rings is 1. The van der Waals surface area contributed by atoms with Crippen molar-refractivity contribution in [1.29, 1.82) is 5.53 Å². The summed E-state index contributed by atoms with van der Waals surface area (Å²) >= 11 is 0. The molecular weight excluding hydrogens is 149 g/mol. The standard InChI is InChI=1S/C8H12BN3/c1-2-5-3-7(10)6(9)4-8(5)12-11/h3-4,11H,2,9-10H2,1H3. The van der Waals surface area contributed by atoms with Crippen LogP contribution in [-0.2, 0) is 6.42 Å². The molecule has 0 atom stereocenters. The highest BCUT2D eigenvalue weighted by Crippen LogP contribution is 2.19. The predicted octanol–water partition coefficient (Wildman–Crippen LogP) is 0.752. The van der Waals surface area contributed by atoms with Crippen molar-refractivity contribution in [3.05, 3.63) is 17.7 Å². The molecule has 0 unspecified atom stereocenters. The number of hydrogen-bond donors (Lipinski definition) is 2. The maximum Gasteiger partial charge on any atom is 0.142 e. The van der Waals surface area contributed by atoms with Crippen molar-refractivity contribution < 1.29 is 0 Å². The number of nitrogens with one attached hydrogen (secondary N) is 1.